The summed E-state index contributed by atoms with van der Waals surface area (Å²) in [6.07, 6.45) is 1.29. The minimum Gasteiger partial charge on any atom is -0.480 e. The first-order chi connectivity index (χ1) is 12.6. The predicted octanol–water partition coefficient (Wildman–Crippen LogP) is 6.39. The molecule has 1 aliphatic heterocycles. The topological polar surface area (TPSA) is 26.3 Å². The molecule has 26 heavy (non-hydrogen) atoms. The lowest BCUT2D eigenvalue weighted by Gasteiger charge is -2.28. The van der Waals surface area contributed by atoms with Crippen molar-refractivity contribution in [3.8, 4) is 5.75 Å². The van der Waals surface area contributed by atoms with Crippen LogP contribution in [0.3, 0.4) is 0 Å². The number of ether oxygens (including phenoxy) is 1. The fourth-order valence-corrected chi connectivity index (χ4v) is 3.49. The predicted molar refractivity (Wildman–Crippen MR) is 105 cm³/mol. The molecule has 128 valence electrons. The van der Waals surface area contributed by atoms with Crippen LogP contribution in [0.4, 0.5) is 0 Å². The summed E-state index contributed by atoms with van der Waals surface area (Å²) in [6, 6.07) is 22.2. The Balaban J connectivity index is 1.88. The molecule has 1 heterocycles. The Bertz CT molecular complexity index is 1010. The van der Waals surface area contributed by atoms with E-state index in [1.54, 1.807) is 30.3 Å². The Morgan fingerprint density at radius 2 is 1.62 bits per heavy atom. The lowest BCUT2D eigenvalue weighted by atomic mass is 9.89. The minimum atomic E-state index is -0.495. The fraction of sp³-hybridized carbons (Fsp3) is 0.0455. The van der Waals surface area contributed by atoms with Gasteiger partial charge in [0.25, 0.3) is 0 Å². The molecule has 0 aromatic heterocycles. The molecule has 0 saturated heterocycles. The van der Waals surface area contributed by atoms with Crippen molar-refractivity contribution in [3.05, 3.63) is 105 Å². The van der Waals surface area contributed by atoms with Gasteiger partial charge in [-0.2, -0.15) is 0 Å². The molecule has 0 spiro atoms. The number of fused-ring (bicyclic) bond motifs is 1. The van der Waals surface area contributed by atoms with E-state index in [4.69, 9.17) is 27.9 Å². The smallest absolute Gasteiger partial charge is 0.196 e. The highest BCUT2D eigenvalue weighted by Gasteiger charge is 2.32. The number of carbonyl (C=O) groups excluding carboxylic acids is 1. The molecule has 1 atom stereocenters. The molecule has 0 radical (unpaired) electrons. The zero-order valence-electron chi connectivity index (χ0n) is 13.7. The van der Waals surface area contributed by atoms with Crippen molar-refractivity contribution in [1.29, 1.82) is 0 Å². The van der Waals surface area contributed by atoms with Gasteiger partial charge in [-0.15, -0.1) is 0 Å². The molecule has 3 aromatic rings. The molecule has 0 N–H and O–H groups in total. The van der Waals surface area contributed by atoms with Crippen LogP contribution in [0.2, 0.25) is 10.0 Å². The van der Waals surface area contributed by atoms with E-state index in [2.05, 4.69) is 0 Å². The highest BCUT2D eigenvalue weighted by molar-refractivity contribution is 6.35. The van der Waals surface area contributed by atoms with Crippen molar-refractivity contribution in [2.24, 2.45) is 0 Å². The SMILES string of the molecule is O=C1/C(=C/c2ccc(Cl)cc2Cl)C(c2ccccc2)Oc2ccccc21. The van der Waals surface area contributed by atoms with Crippen LogP contribution in [0.1, 0.15) is 27.6 Å². The Morgan fingerprint density at radius 1 is 0.885 bits per heavy atom. The number of hydrogen-bond acceptors (Lipinski definition) is 2. The van der Waals surface area contributed by atoms with Crippen LogP contribution in [0, 0.1) is 0 Å². The Labute approximate surface area is 161 Å². The lowest BCUT2D eigenvalue weighted by Crippen LogP contribution is -2.23. The Hall–Kier alpha value is -2.55. The van der Waals surface area contributed by atoms with Crippen LogP contribution in [-0.4, -0.2) is 5.78 Å². The molecular formula is C22H14Cl2O2. The molecule has 3 aromatic carbocycles. The molecule has 1 unspecified atom stereocenters. The molecule has 0 amide bonds. The molecule has 4 heteroatoms. The van der Waals surface area contributed by atoms with Gasteiger partial charge in [0.15, 0.2) is 11.9 Å². The van der Waals surface area contributed by atoms with Gasteiger partial charge in [-0.05, 0) is 41.5 Å². The zero-order chi connectivity index (χ0) is 18.1. The number of Topliss-reactive ketones (excluding diaryl/α,β-unsaturated/α-hetero) is 1. The summed E-state index contributed by atoms with van der Waals surface area (Å²) >= 11 is 12.3. The second-order valence-electron chi connectivity index (χ2n) is 6.00. The molecular weight excluding hydrogens is 367 g/mol. The van der Waals surface area contributed by atoms with Crippen LogP contribution in [0.5, 0.6) is 5.75 Å². The first-order valence-electron chi connectivity index (χ1n) is 8.15. The van der Waals surface area contributed by atoms with E-state index in [9.17, 15) is 4.79 Å². The van der Waals surface area contributed by atoms with Crippen LogP contribution in [0.15, 0.2) is 78.4 Å². The summed E-state index contributed by atoms with van der Waals surface area (Å²) in [5, 5.41) is 1.04. The molecule has 0 aliphatic carbocycles. The maximum absolute atomic E-state index is 13.2. The van der Waals surface area contributed by atoms with Crippen molar-refractivity contribution in [3.63, 3.8) is 0 Å². The number of para-hydroxylation sites is 1. The highest BCUT2D eigenvalue weighted by Crippen LogP contribution is 2.39. The number of ketones is 1. The first-order valence-corrected chi connectivity index (χ1v) is 8.91. The number of rotatable bonds is 2. The van der Waals surface area contributed by atoms with Crippen LogP contribution in [-0.2, 0) is 0 Å². The largest absolute Gasteiger partial charge is 0.480 e. The zero-order valence-corrected chi connectivity index (χ0v) is 15.2. The normalized spacial score (nSPS) is 17.7. The van der Waals surface area contributed by atoms with Gasteiger partial charge < -0.3 is 4.74 Å². The van der Waals surface area contributed by atoms with E-state index >= 15 is 0 Å². The number of halogens is 2. The van der Waals surface area contributed by atoms with Gasteiger partial charge in [-0.1, -0.05) is 71.7 Å². The summed E-state index contributed by atoms with van der Waals surface area (Å²) in [5.74, 6) is 0.525. The third kappa shape index (κ3) is 3.14. The van der Waals surface area contributed by atoms with Crippen LogP contribution < -0.4 is 4.74 Å². The summed E-state index contributed by atoms with van der Waals surface area (Å²) in [5.41, 5.74) is 2.73. The lowest BCUT2D eigenvalue weighted by molar-refractivity contribution is 0.0963. The fourth-order valence-electron chi connectivity index (χ4n) is 3.02. The van der Waals surface area contributed by atoms with Gasteiger partial charge in [-0.3, -0.25) is 4.79 Å². The van der Waals surface area contributed by atoms with Crippen molar-refractivity contribution in [2.45, 2.75) is 6.10 Å². The highest BCUT2D eigenvalue weighted by atomic mass is 35.5. The summed E-state index contributed by atoms with van der Waals surface area (Å²) in [7, 11) is 0. The van der Waals surface area contributed by atoms with E-state index in [-0.39, 0.29) is 5.78 Å². The maximum atomic E-state index is 13.2. The second kappa shape index (κ2) is 6.99. The monoisotopic (exact) mass is 380 g/mol. The number of hydrogen-bond donors (Lipinski definition) is 0. The third-order valence-electron chi connectivity index (χ3n) is 4.30. The molecule has 2 nitrogen and oxygen atoms in total. The Kier molecular flexibility index (Phi) is 4.54. The average molecular weight is 381 g/mol. The van der Waals surface area contributed by atoms with Crippen molar-refractivity contribution in [2.75, 3.05) is 0 Å². The van der Waals surface area contributed by atoms with Crippen molar-refractivity contribution in [1.82, 2.24) is 0 Å². The molecule has 0 bridgehead atoms. The van der Waals surface area contributed by atoms with Gasteiger partial charge in [0.05, 0.1) is 5.56 Å². The van der Waals surface area contributed by atoms with E-state index in [1.165, 1.54) is 0 Å². The van der Waals surface area contributed by atoms with E-state index in [1.807, 2.05) is 48.5 Å². The molecule has 0 saturated carbocycles. The average Bonchev–Trinajstić information content (AvgIpc) is 2.66. The Morgan fingerprint density at radius 3 is 2.38 bits per heavy atom. The van der Waals surface area contributed by atoms with Gasteiger partial charge in [-0.25, -0.2) is 0 Å². The van der Waals surface area contributed by atoms with E-state index in [0.717, 1.165) is 11.1 Å². The van der Waals surface area contributed by atoms with Gasteiger partial charge in [0.1, 0.15) is 5.75 Å². The molecule has 0 fully saturated rings. The first kappa shape index (κ1) is 16.9. The van der Waals surface area contributed by atoms with E-state index in [0.29, 0.717) is 26.9 Å². The molecule has 4 rings (SSSR count). The van der Waals surface area contributed by atoms with Gasteiger partial charge >= 0.3 is 0 Å². The summed E-state index contributed by atoms with van der Waals surface area (Å²) in [6.45, 7) is 0. The third-order valence-corrected chi connectivity index (χ3v) is 4.86. The van der Waals surface area contributed by atoms with E-state index < -0.39 is 6.10 Å². The molecule has 1 aliphatic rings. The second-order valence-corrected chi connectivity index (χ2v) is 6.84. The van der Waals surface area contributed by atoms with Crippen molar-refractivity contribution < 1.29 is 9.53 Å². The van der Waals surface area contributed by atoms with Gasteiger partial charge in [0.2, 0.25) is 0 Å². The summed E-state index contributed by atoms with van der Waals surface area (Å²) < 4.78 is 6.18. The quantitative estimate of drug-likeness (QED) is 0.481. The number of carbonyl (C=O) groups is 1. The standard InChI is InChI=1S/C22H14Cl2O2/c23-16-11-10-15(19(24)13-16)12-18-21(25)17-8-4-5-9-20(17)26-22(18)14-6-2-1-3-7-14/h1-13,22H/b18-12-. The summed E-state index contributed by atoms with van der Waals surface area (Å²) in [4.78, 5) is 13.2. The van der Waals surface area contributed by atoms with Crippen molar-refractivity contribution >= 4 is 35.1 Å². The van der Waals surface area contributed by atoms with Crippen LogP contribution in [0.25, 0.3) is 6.08 Å². The maximum Gasteiger partial charge on any atom is 0.196 e. The van der Waals surface area contributed by atoms with Crippen LogP contribution >= 0.6 is 23.2 Å². The number of benzene rings is 3. The van der Waals surface area contributed by atoms with Gasteiger partial charge in [0, 0.05) is 15.6 Å². The minimum absolute atomic E-state index is 0.0632.